The highest BCUT2D eigenvalue weighted by Gasteiger charge is 2.21. The Labute approximate surface area is 156 Å². The molecule has 146 valence electrons. The highest BCUT2D eigenvalue weighted by atomic mass is 16.6. The van der Waals surface area contributed by atoms with Crippen LogP contribution < -0.4 is 16.5 Å². The SMILES string of the molecule is CCCC[C@@H](CC(=O)NOCc1ccccc1)NC(=O)[C@@H](N)CC(C)C. The van der Waals surface area contributed by atoms with Gasteiger partial charge in [-0.2, -0.15) is 0 Å². The van der Waals surface area contributed by atoms with Gasteiger partial charge >= 0.3 is 0 Å². The fraction of sp³-hybridized carbons (Fsp3) is 0.600. The molecule has 1 aromatic rings. The molecular weight excluding hydrogens is 330 g/mol. The van der Waals surface area contributed by atoms with Gasteiger partial charge in [-0.15, -0.1) is 0 Å². The van der Waals surface area contributed by atoms with Gasteiger partial charge in [0.1, 0.15) is 0 Å². The summed E-state index contributed by atoms with van der Waals surface area (Å²) in [4.78, 5) is 29.6. The maximum absolute atomic E-state index is 12.2. The van der Waals surface area contributed by atoms with Gasteiger partial charge in [-0.3, -0.25) is 14.4 Å². The van der Waals surface area contributed by atoms with Crippen LogP contribution >= 0.6 is 0 Å². The Bertz CT molecular complexity index is 534. The maximum Gasteiger partial charge on any atom is 0.245 e. The number of amides is 2. The van der Waals surface area contributed by atoms with Gasteiger partial charge in [0.05, 0.1) is 12.6 Å². The number of hydrogen-bond donors (Lipinski definition) is 3. The van der Waals surface area contributed by atoms with Crippen molar-refractivity contribution in [1.82, 2.24) is 10.8 Å². The minimum absolute atomic E-state index is 0.176. The quantitative estimate of drug-likeness (QED) is 0.498. The van der Waals surface area contributed by atoms with E-state index in [-0.39, 0.29) is 24.3 Å². The summed E-state index contributed by atoms with van der Waals surface area (Å²) >= 11 is 0. The third-order valence-electron chi connectivity index (χ3n) is 4.01. The molecule has 6 nitrogen and oxygen atoms in total. The summed E-state index contributed by atoms with van der Waals surface area (Å²) < 4.78 is 0. The predicted molar refractivity (Wildman–Crippen MR) is 103 cm³/mol. The highest BCUT2D eigenvalue weighted by Crippen LogP contribution is 2.08. The standard InChI is InChI=1S/C20H33N3O3/c1-4-5-11-17(22-20(25)18(21)12-15(2)3)13-19(24)23-26-14-16-9-7-6-8-10-16/h6-10,15,17-18H,4-5,11-14,21H2,1-3H3,(H,22,25)(H,23,24)/t17-,18-/m0/s1. The smallest absolute Gasteiger partial charge is 0.245 e. The van der Waals surface area contributed by atoms with Crippen LogP contribution in [0.5, 0.6) is 0 Å². The molecule has 2 amide bonds. The van der Waals surface area contributed by atoms with E-state index in [0.29, 0.717) is 18.9 Å². The van der Waals surface area contributed by atoms with Gasteiger partial charge in [0, 0.05) is 12.5 Å². The Balaban J connectivity index is 2.44. The molecule has 2 atom stereocenters. The largest absolute Gasteiger partial charge is 0.352 e. The topological polar surface area (TPSA) is 93.5 Å². The van der Waals surface area contributed by atoms with Crippen LogP contribution in [0.25, 0.3) is 0 Å². The normalized spacial score (nSPS) is 13.3. The lowest BCUT2D eigenvalue weighted by molar-refractivity contribution is -0.135. The fourth-order valence-electron chi connectivity index (χ4n) is 2.64. The molecule has 4 N–H and O–H groups in total. The zero-order valence-corrected chi connectivity index (χ0v) is 16.2. The van der Waals surface area contributed by atoms with Crippen molar-refractivity contribution in [3.05, 3.63) is 35.9 Å². The third-order valence-corrected chi connectivity index (χ3v) is 4.01. The maximum atomic E-state index is 12.2. The van der Waals surface area contributed by atoms with Crippen molar-refractivity contribution in [1.29, 1.82) is 0 Å². The number of carbonyl (C=O) groups excluding carboxylic acids is 2. The molecule has 6 heteroatoms. The second kappa shape index (κ2) is 12.4. The van der Waals surface area contributed by atoms with Gasteiger partial charge in [-0.05, 0) is 24.3 Å². The lowest BCUT2D eigenvalue weighted by Crippen LogP contribution is -2.47. The molecule has 0 aliphatic carbocycles. The number of unbranched alkanes of at least 4 members (excludes halogenated alkanes) is 1. The molecule has 1 rings (SSSR count). The second-order valence-corrected chi connectivity index (χ2v) is 7.09. The summed E-state index contributed by atoms with van der Waals surface area (Å²) in [5.74, 6) is -0.0999. The molecule has 0 aliphatic rings. The van der Waals surface area contributed by atoms with Gasteiger partial charge in [0.2, 0.25) is 11.8 Å². The Morgan fingerprint density at radius 1 is 1.19 bits per heavy atom. The minimum atomic E-state index is -0.545. The first kappa shape index (κ1) is 22.1. The highest BCUT2D eigenvalue weighted by molar-refractivity contribution is 5.83. The zero-order valence-electron chi connectivity index (χ0n) is 16.2. The average molecular weight is 364 g/mol. The molecule has 0 aromatic heterocycles. The Hall–Kier alpha value is -1.92. The van der Waals surface area contributed by atoms with E-state index in [9.17, 15) is 9.59 Å². The molecule has 26 heavy (non-hydrogen) atoms. The van der Waals surface area contributed by atoms with Crippen molar-refractivity contribution in [3.8, 4) is 0 Å². The minimum Gasteiger partial charge on any atom is -0.352 e. The summed E-state index contributed by atoms with van der Waals surface area (Å²) in [5.41, 5.74) is 9.36. The third kappa shape index (κ3) is 9.53. The van der Waals surface area contributed by atoms with Crippen LogP contribution in [0.15, 0.2) is 30.3 Å². The van der Waals surface area contributed by atoms with Crippen LogP contribution in [-0.4, -0.2) is 23.9 Å². The summed E-state index contributed by atoms with van der Waals surface area (Å²) in [7, 11) is 0. The molecule has 0 bridgehead atoms. The first-order valence-corrected chi connectivity index (χ1v) is 9.42. The molecule has 1 aromatic carbocycles. The Kier molecular flexibility index (Phi) is 10.6. The molecule has 0 fully saturated rings. The van der Waals surface area contributed by atoms with Crippen LogP contribution in [0.4, 0.5) is 0 Å². The number of hydroxylamine groups is 1. The lowest BCUT2D eigenvalue weighted by atomic mass is 10.0. The zero-order chi connectivity index (χ0) is 19.4. The fourth-order valence-corrected chi connectivity index (χ4v) is 2.64. The van der Waals surface area contributed by atoms with Gasteiger partial charge in [0.25, 0.3) is 0 Å². The molecule has 0 spiro atoms. The van der Waals surface area contributed by atoms with E-state index in [1.807, 2.05) is 44.2 Å². The average Bonchev–Trinajstić information content (AvgIpc) is 2.59. The van der Waals surface area contributed by atoms with Gasteiger partial charge in [0.15, 0.2) is 0 Å². The van der Waals surface area contributed by atoms with Gasteiger partial charge in [-0.25, -0.2) is 5.48 Å². The molecular formula is C20H33N3O3. The summed E-state index contributed by atoms with van der Waals surface area (Å²) in [6.07, 6.45) is 3.47. The first-order valence-electron chi connectivity index (χ1n) is 9.42. The molecule has 0 radical (unpaired) electrons. The van der Waals surface area contributed by atoms with E-state index in [4.69, 9.17) is 10.6 Å². The number of benzene rings is 1. The van der Waals surface area contributed by atoms with Crippen molar-refractivity contribution >= 4 is 11.8 Å². The molecule has 0 saturated carbocycles. The van der Waals surface area contributed by atoms with Crippen molar-refractivity contribution in [2.75, 3.05) is 0 Å². The van der Waals surface area contributed by atoms with Crippen molar-refractivity contribution in [3.63, 3.8) is 0 Å². The molecule has 0 saturated heterocycles. The number of nitrogens with one attached hydrogen (secondary N) is 2. The van der Waals surface area contributed by atoms with Crippen molar-refractivity contribution in [2.45, 2.75) is 71.6 Å². The summed E-state index contributed by atoms with van der Waals surface area (Å²) in [6, 6.07) is 8.82. The predicted octanol–water partition coefficient (Wildman–Crippen LogP) is 2.67. The van der Waals surface area contributed by atoms with E-state index in [1.54, 1.807) is 0 Å². The van der Waals surface area contributed by atoms with Crippen molar-refractivity contribution < 1.29 is 14.4 Å². The van der Waals surface area contributed by atoms with Crippen LogP contribution in [0.2, 0.25) is 0 Å². The van der Waals surface area contributed by atoms with Crippen molar-refractivity contribution in [2.24, 2.45) is 11.7 Å². The molecule has 0 aliphatic heterocycles. The van der Waals surface area contributed by atoms with E-state index < -0.39 is 6.04 Å². The monoisotopic (exact) mass is 363 g/mol. The number of nitrogens with two attached hydrogens (primary N) is 1. The van der Waals surface area contributed by atoms with Crippen LogP contribution in [0, 0.1) is 5.92 Å². The molecule has 0 heterocycles. The number of rotatable bonds is 12. The van der Waals surface area contributed by atoms with Crippen LogP contribution in [0.3, 0.4) is 0 Å². The van der Waals surface area contributed by atoms with Gasteiger partial charge in [-0.1, -0.05) is 63.9 Å². The van der Waals surface area contributed by atoms with E-state index in [2.05, 4.69) is 17.7 Å². The van der Waals surface area contributed by atoms with E-state index >= 15 is 0 Å². The van der Waals surface area contributed by atoms with Crippen LogP contribution in [0.1, 0.15) is 58.4 Å². The Morgan fingerprint density at radius 3 is 2.50 bits per heavy atom. The lowest BCUT2D eigenvalue weighted by Gasteiger charge is -2.21. The first-order chi connectivity index (χ1) is 12.4. The number of carbonyl (C=O) groups is 2. The summed E-state index contributed by atoms with van der Waals surface area (Å²) in [5, 5.41) is 2.92. The Morgan fingerprint density at radius 2 is 1.88 bits per heavy atom. The summed E-state index contributed by atoms with van der Waals surface area (Å²) in [6.45, 7) is 6.43. The van der Waals surface area contributed by atoms with Gasteiger partial charge < -0.3 is 11.1 Å². The number of hydrogen-bond acceptors (Lipinski definition) is 4. The van der Waals surface area contributed by atoms with E-state index in [1.165, 1.54) is 0 Å². The van der Waals surface area contributed by atoms with Crippen LogP contribution in [-0.2, 0) is 21.0 Å². The van der Waals surface area contributed by atoms with E-state index in [0.717, 1.165) is 24.8 Å². The second-order valence-electron chi connectivity index (χ2n) is 7.09. The molecule has 0 unspecified atom stereocenters.